The summed E-state index contributed by atoms with van der Waals surface area (Å²) >= 11 is 0. The molecule has 20 heavy (non-hydrogen) atoms. The highest BCUT2D eigenvalue weighted by molar-refractivity contribution is 5.39. The van der Waals surface area contributed by atoms with E-state index in [1.165, 1.54) is 0 Å². The lowest BCUT2D eigenvalue weighted by Crippen LogP contribution is -2.38. The van der Waals surface area contributed by atoms with E-state index in [1.54, 1.807) is 7.05 Å². The van der Waals surface area contributed by atoms with Crippen LogP contribution in [0.3, 0.4) is 0 Å². The van der Waals surface area contributed by atoms with Gasteiger partial charge in [0.15, 0.2) is 0 Å². The number of aromatic nitrogens is 3. The Morgan fingerprint density at radius 3 is 2.40 bits per heavy atom. The largest absolute Gasteiger partial charge is 0.464 e. The van der Waals surface area contributed by atoms with Gasteiger partial charge in [-0.2, -0.15) is 15.0 Å². The Bertz CT molecular complexity index is 398. The van der Waals surface area contributed by atoms with Crippen molar-refractivity contribution >= 4 is 11.9 Å². The summed E-state index contributed by atoms with van der Waals surface area (Å²) in [6, 6.07) is 0.583. The van der Waals surface area contributed by atoms with Gasteiger partial charge in [-0.15, -0.1) is 0 Å². The average Bonchev–Trinajstić information content (AvgIpc) is 2.47. The number of nitrogens with one attached hydrogen (secondary N) is 1. The fourth-order valence-corrected chi connectivity index (χ4v) is 2.06. The number of rotatable bonds is 9. The molecule has 0 spiro atoms. The number of hydrogen-bond donors (Lipinski definition) is 2. The maximum atomic E-state index is 9.28. The minimum Gasteiger partial charge on any atom is -0.464 e. The third-order valence-corrected chi connectivity index (χ3v) is 3.08. The molecule has 1 aromatic heterocycles. The third kappa shape index (κ3) is 4.19. The molecule has 0 aromatic carbocycles. The van der Waals surface area contributed by atoms with E-state index in [2.05, 4.69) is 34.1 Å². The summed E-state index contributed by atoms with van der Waals surface area (Å²) < 4.78 is 5.37. The van der Waals surface area contributed by atoms with Crippen molar-refractivity contribution < 1.29 is 9.84 Å². The molecule has 0 aliphatic heterocycles. The summed E-state index contributed by atoms with van der Waals surface area (Å²) in [5.74, 6) is 1.00. The van der Waals surface area contributed by atoms with Gasteiger partial charge in [-0.05, 0) is 19.8 Å². The number of nitrogens with zero attached hydrogens (tertiary/aromatic N) is 4. The van der Waals surface area contributed by atoms with Gasteiger partial charge in [-0.3, -0.25) is 0 Å². The second kappa shape index (κ2) is 8.52. The van der Waals surface area contributed by atoms with Crippen LogP contribution in [0.1, 0.15) is 33.6 Å². The summed E-state index contributed by atoms with van der Waals surface area (Å²) in [4.78, 5) is 14.9. The fourth-order valence-electron chi connectivity index (χ4n) is 2.06. The van der Waals surface area contributed by atoms with Crippen molar-refractivity contribution in [3.05, 3.63) is 0 Å². The van der Waals surface area contributed by atoms with Gasteiger partial charge in [0.05, 0.1) is 13.2 Å². The summed E-state index contributed by atoms with van der Waals surface area (Å²) in [6.07, 6.45) is 1.92. The van der Waals surface area contributed by atoms with Gasteiger partial charge in [-0.1, -0.05) is 13.8 Å². The predicted molar refractivity (Wildman–Crippen MR) is 79.3 cm³/mol. The molecule has 1 aromatic rings. The van der Waals surface area contributed by atoms with Crippen LogP contribution in [0.2, 0.25) is 0 Å². The zero-order valence-corrected chi connectivity index (χ0v) is 12.8. The van der Waals surface area contributed by atoms with Gasteiger partial charge < -0.3 is 20.1 Å². The van der Waals surface area contributed by atoms with Gasteiger partial charge in [0.25, 0.3) is 0 Å². The second-order valence-corrected chi connectivity index (χ2v) is 4.31. The lowest BCUT2D eigenvalue weighted by molar-refractivity contribution is 0.292. The van der Waals surface area contributed by atoms with Gasteiger partial charge in [0.1, 0.15) is 0 Å². The van der Waals surface area contributed by atoms with Gasteiger partial charge in [-0.25, -0.2) is 0 Å². The molecule has 1 heterocycles. The molecule has 0 saturated carbocycles. The molecular formula is C13H25N5O2. The van der Waals surface area contributed by atoms with E-state index in [9.17, 15) is 5.11 Å². The molecule has 0 bridgehead atoms. The number of aliphatic hydroxyl groups is 1. The Kier molecular flexibility index (Phi) is 7.00. The zero-order chi connectivity index (χ0) is 15.0. The van der Waals surface area contributed by atoms with Crippen LogP contribution in [-0.4, -0.2) is 52.9 Å². The van der Waals surface area contributed by atoms with Crippen molar-refractivity contribution in [1.82, 2.24) is 15.0 Å². The number of anilines is 2. The topological polar surface area (TPSA) is 83.4 Å². The summed E-state index contributed by atoms with van der Waals surface area (Å²) in [7, 11) is 1.75. The third-order valence-electron chi connectivity index (χ3n) is 3.08. The summed E-state index contributed by atoms with van der Waals surface area (Å²) in [6.45, 7) is 7.16. The van der Waals surface area contributed by atoms with Crippen LogP contribution in [0.15, 0.2) is 0 Å². The van der Waals surface area contributed by atoms with Crippen LogP contribution in [-0.2, 0) is 0 Å². The van der Waals surface area contributed by atoms with Gasteiger partial charge in [0.2, 0.25) is 11.9 Å². The molecular weight excluding hydrogens is 258 g/mol. The second-order valence-electron chi connectivity index (χ2n) is 4.31. The molecule has 0 atom stereocenters. The van der Waals surface area contributed by atoms with Crippen molar-refractivity contribution in [2.45, 2.75) is 39.7 Å². The van der Waals surface area contributed by atoms with E-state index in [0.717, 1.165) is 12.8 Å². The number of ether oxygens (including phenoxy) is 1. The Balaban J connectivity index is 3.13. The molecule has 2 N–H and O–H groups in total. The van der Waals surface area contributed by atoms with E-state index in [-0.39, 0.29) is 12.6 Å². The molecule has 0 unspecified atom stereocenters. The Morgan fingerprint density at radius 2 is 1.90 bits per heavy atom. The Hall–Kier alpha value is -1.63. The zero-order valence-electron chi connectivity index (χ0n) is 12.8. The smallest absolute Gasteiger partial charge is 0.323 e. The molecule has 114 valence electrons. The molecule has 0 aliphatic rings. The van der Waals surface area contributed by atoms with E-state index in [0.29, 0.717) is 31.1 Å². The SMILES string of the molecule is CCOc1nc(NC)nc(N(CCO)C(CC)CC)n1. The standard InChI is InChI=1S/C13H25N5O2/c1-5-10(6-2)18(8-9-19)12-15-11(14-4)16-13(17-12)20-7-3/h10,19H,5-9H2,1-4H3,(H,14,15,16,17). The van der Waals surface area contributed by atoms with Crippen LogP contribution < -0.4 is 15.0 Å². The van der Waals surface area contributed by atoms with E-state index >= 15 is 0 Å². The van der Waals surface area contributed by atoms with Crippen molar-refractivity contribution in [2.24, 2.45) is 0 Å². The first-order valence-electron chi connectivity index (χ1n) is 7.14. The van der Waals surface area contributed by atoms with Crippen molar-refractivity contribution in [1.29, 1.82) is 0 Å². The molecule has 7 nitrogen and oxygen atoms in total. The monoisotopic (exact) mass is 283 g/mol. The molecule has 1 rings (SSSR count). The van der Waals surface area contributed by atoms with Crippen molar-refractivity contribution in [3.63, 3.8) is 0 Å². The van der Waals surface area contributed by atoms with E-state index < -0.39 is 0 Å². The Labute approximate surface area is 120 Å². The first-order chi connectivity index (χ1) is 9.69. The molecule has 0 radical (unpaired) electrons. The Morgan fingerprint density at radius 1 is 1.20 bits per heavy atom. The van der Waals surface area contributed by atoms with Gasteiger partial charge >= 0.3 is 6.01 Å². The molecule has 7 heteroatoms. The first kappa shape index (κ1) is 16.4. The minimum atomic E-state index is 0.0566. The van der Waals surface area contributed by atoms with Crippen LogP contribution in [0.25, 0.3) is 0 Å². The van der Waals surface area contributed by atoms with Crippen LogP contribution in [0, 0.1) is 0 Å². The minimum absolute atomic E-state index is 0.0566. The lowest BCUT2D eigenvalue weighted by Gasteiger charge is -2.30. The highest BCUT2D eigenvalue weighted by Gasteiger charge is 2.20. The van der Waals surface area contributed by atoms with Gasteiger partial charge in [0, 0.05) is 19.6 Å². The van der Waals surface area contributed by atoms with Crippen molar-refractivity contribution in [3.8, 4) is 6.01 Å². The molecule has 0 saturated heterocycles. The van der Waals surface area contributed by atoms with Crippen LogP contribution in [0.4, 0.5) is 11.9 Å². The molecule has 0 aliphatic carbocycles. The summed E-state index contributed by atoms with van der Waals surface area (Å²) in [5, 5.41) is 12.2. The number of aliphatic hydroxyl groups excluding tert-OH is 1. The quantitative estimate of drug-likeness (QED) is 0.706. The lowest BCUT2D eigenvalue weighted by atomic mass is 10.1. The summed E-state index contributed by atoms with van der Waals surface area (Å²) in [5.41, 5.74) is 0. The van der Waals surface area contributed by atoms with Crippen LogP contribution >= 0.6 is 0 Å². The average molecular weight is 283 g/mol. The molecule has 0 fully saturated rings. The predicted octanol–water partition coefficient (Wildman–Crippen LogP) is 1.30. The van der Waals surface area contributed by atoms with E-state index in [4.69, 9.17) is 4.74 Å². The maximum absolute atomic E-state index is 9.28. The van der Waals surface area contributed by atoms with Crippen molar-refractivity contribution in [2.75, 3.05) is 37.0 Å². The molecule has 0 amide bonds. The maximum Gasteiger partial charge on any atom is 0.323 e. The van der Waals surface area contributed by atoms with E-state index in [1.807, 2.05) is 11.8 Å². The number of hydrogen-bond acceptors (Lipinski definition) is 7. The normalized spacial score (nSPS) is 10.7. The highest BCUT2D eigenvalue weighted by Crippen LogP contribution is 2.19. The highest BCUT2D eigenvalue weighted by atomic mass is 16.5. The fraction of sp³-hybridized carbons (Fsp3) is 0.769. The van der Waals surface area contributed by atoms with Crippen LogP contribution in [0.5, 0.6) is 6.01 Å². The first-order valence-corrected chi connectivity index (χ1v) is 7.14.